The molecule has 0 saturated heterocycles. The van der Waals surface area contributed by atoms with Crippen LogP contribution in [-0.4, -0.2) is 17.3 Å². The molecule has 0 saturated carbocycles. The Bertz CT molecular complexity index is 183. The van der Waals surface area contributed by atoms with Gasteiger partial charge >= 0.3 is 0 Å². The lowest BCUT2D eigenvalue weighted by Gasteiger charge is -2.14. The normalized spacial score (nSPS) is 14.5. The summed E-state index contributed by atoms with van der Waals surface area (Å²) >= 11 is 5.87. The topological polar surface area (TPSA) is 29.1 Å². The van der Waals surface area contributed by atoms with Crippen LogP contribution in [0.4, 0.5) is 0 Å². The standard InChI is InChI=1S/C13H26ClNO/c1-4-5-6-7-8-9-13(16)15-12(3)10-11(2)14/h11-12H,4-10H2,1-3H3,(H,15,16). The van der Waals surface area contributed by atoms with Crippen LogP contribution in [0.15, 0.2) is 0 Å². The third-order valence-corrected chi connectivity index (χ3v) is 2.77. The second-order valence-electron chi connectivity index (χ2n) is 4.65. The second kappa shape index (κ2) is 9.95. The lowest BCUT2D eigenvalue weighted by atomic mass is 10.1. The summed E-state index contributed by atoms with van der Waals surface area (Å²) in [5, 5.41) is 3.10. The molecule has 0 aliphatic rings. The summed E-state index contributed by atoms with van der Waals surface area (Å²) in [4.78, 5) is 11.5. The number of amides is 1. The van der Waals surface area contributed by atoms with Crippen LogP contribution in [0.5, 0.6) is 0 Å². The summed E-state index contributed by atoms with van der Waals surface area (Å²) in [5.74, 6) is 0.168. The molecule has 0 radical (unpaired) electrons. The first-order chi connectivity index (χ1) is 7.56. The van der Waals surface area contributed by atoms with Gasteiger partial charge in [0.25, 0.3) is 0 Å². The fourth-order valence-corrected chi connectivity index (χ4v) is 2.05. The van der Waals surface area contributed by atoms with Crippen molar-refractivity contribution >= 4 is 17.5 Å². The molecule has 3 heteroatoms. The number of hydrogen-bond donors (Lipinski definition) is 1. The molecule has 16 heavy (non-hydrogen) atoms. The SMILES string of the molecule is CCCCCCCC(=O)NC(C)CC(C)Cl. The number of alkyl halides is 1. The second-order valence-corrected chi connectivity index (χ2v) is 5.39. The number of hydrogen-bond acceptors (Lipinski definition) is 1. The Kier molecular flexibility index (Phi) is 9.80. The molecule has 1 amide bonds. The van der Waals surface area contributed by atoms with Crippen LogP contribution in [0.2, 0.25) is 0 Å². The molecule has 1 N–H and O–H groups in total. The van der Waals surface area contributed by atoms with E-state index in [1.54, 1.807) is 0 Å². The monoisotopic (exact) mass is 247 g/mol. The van der Waals surface area contributed by atoms with E-state index in [4.69, 9.17) is 11.6 Å². The van der Waals surface area contributed by atoms with E-state index in [1.165, 1.54) is 25.7 Å². The first-order valence-corrected chi connectivity index (χ1v) is 6.93. The molecule has 0 aromatic rings. The molecule has 96 valence electrons. The summed E-state index contributed by atoms with van der Waals surface area (Å²) in [6, 6.07) is 0.190. The lowest BCUT2D eigenvalue weighted by Crippen LogP contribution is -2.33. The minimum absolute atomic E-state index is 0.125. The molecule has 0 aliphatic heterocycles. The van der Waals surface area contributed by atoms with E-state index in [9.17, 15) is 4.79 Å². The van der Waals surface area contributed by atoms with Crippen LogP contribution in [0.25, 0.3) is 0 Å². The van der Waals surface area contributed by atoms with Crippen molar-refractivity contribution in [1.82, 2.24) is 5.32 Å². The summed E-state index contributed by atoms with van der Waals surface area (Å²) in [6.07, 6.45) is 7.45. The van der Waals surface area contributed by atoms with Crippen LogP contribution >= 0.6 is 11.6 Å². The minimum atomic E-state index is 0.125. The van der Waals surface area contributed by atoms with E-state index >= 15 is 0 Å². The Hall–Kier alpha value is -0.240. The predicted octanol–water partition coefficient (Wildman–Crippen LogP) is 3.87. The van der Waals surface area contributed by atoms with Crippen LogP contribution in [0, 0.1) is 0 Å². The van der Waals surface area contributed by atoms with Crippen molar-refractivity contribution in [2.24, 2.45) is 0 Å². The summed E-state index contributed by atoms with van der Waals surface area (Å²) in [5.41, 5.74) is 0. The molecule has 2 unspecified atom stereocenters. The van der Waals surface area contributed by atoms with Gasteiger partial charge in [-0.05, 0) is 26.7 Å². The maximum atomic E-state index is 11.5. The van der Waals surface area contributed by atoms with Gasteiger partial charge in [-0.15, -0.1) is 11.6 Å². The van der Waals surface area contributed by atoms with Crippen molar-refractivity contribution < 1.29 is 4.79 Å². The molecule has 0 bridgehead atoms. The van der Waals surface area contributed by atoms with E-state index in [-0.39, 0.29) is 17.3 Å². The average Bonchev–Trinajstić information content (AvgIpc) is 2.15. The molecular formula is C13H26ClNO. The lowest BCUT2D eigenvalue weighted by molar-refractivity contribution is -0.121. The number of carbonyl (C=O) groups excluding carboxylic acids is 1. The molecule has 0 heterocycles. The number of nitrogens with one attached hydrogen (secondary N) is 1. The van der Waals surface area contributed by atoms with Crippen molar-refractivity contribution in [2.75, 3.05) is 0 Å². The molecule has 2 atom stereocenters. The number of rotatable bonds is 9. The van der Waals surface area contributed by atoms with E-state index in [1.807, 2.05) is 13.8 Å². The van der Waals surface area contributed by atoms with Crippen molar-refractivity contribution in [3.8, 4) is 0 Å². The zero-order valence-electron chi connectivity index (χ0n) is 10.9. The Labute approximate surface area is 105 Å². The maximum Gasteiger partial charge on any atom is 0.220 e. The van der Waals surface area contributed by atoms with Gasteiger partial charge in [-0.3, -0.25) is 4.79 Å². The van der Waals surface area contributed by atoms with Crippen molar-refractivity contribution in [3.63, 3.8) is 0 Å². The summed E-state index contributed by atoms with van der Waals surface area (Å²) in [6.45, 7) is 6.16. The van der Waals surface area contributed by atoms with E-state index < -0.39 is 0 Å². The van der Waals surface area contributed by atoms with E-state index in [0.717, 1.165) is 12.8 Å². The van der Waals surface area contributed by atoms with Crippen LogP contribution in [0.3, 0.4) is 0 Å². The van der Waals surface area contributed by atoms with Crippen LogP contribution in [0.1, 0.15) is 65.7 Å². The van der Waals surface area contributed by atoms with Crippen molar-refractivity contribution in [3.05, 3.63) is 0 Å². The predicted molar refractivity (Wildman–Crippen MR) is 70.9 cm³/mol. The minimum Gasteiger partial charge on any atom is -0.354 e. The Balaban J connectivity index is 3.43. The van der Waals surface area contributed by atoms with Gasteiger partial charge < -0.3 is 5.32 Å². The highest BCUT2D eigenvalue weighted by Gasteiger charge is 2.09. The fraction of sp³-hybridized carbons (Fsp3) is 0.923. The third kappa shape index (κ3) is 10.3. The molecule has 0 fully saturated rings. The van der Waals surface area contributed by atoms with Gasteiger partial charge in [0, 0.05) is 17.8 Å². The smallest absolute Gasteiger partial charge is 0.220 e. The van der Waals surface area contributed by atoms with E-state index in [2.05, 4.69) is 12.2 Å². The van der Waals surface area contributed by atoms with Gasteiger partial charge in [-0.25, -0.2) is 0 Å². The first kappa shape index (κ1) is 15.8. The quantitative estimate of drug-likeness (QED) is 0.486. The van der Waals surface area contributed by atoms with Gasteiger partial charge in [0.15, 0.2) is 0 Å². The third-order valence-electron chi connectivity index (χ3n) is 2.59. The molecular weight excluding hydrogens is 222 g/mol. The molecule has 2 nitrogen and oxygen atoms in total. The summed E-state index contributed by atoms with van der Waals surface area (Å²) < 4.78 is 0. The van der Waals surface area contributed by atoms with Crippen LogP contribution < -0.4 is 5.32 Å². The Morgan fingerprint density at radius 3 is 2.38 bits per heavy atom. The van der Waals surface area contributed by atoms with Crippen molar-refractivity contribution in [2.45, 2.75) is 77.1 Å². The largest absolute Gasteiger partial charge is 0.354 e. The zero-order valence-corrected chi connectivity index (χ0v) is 11.6. The van der Waals surface area contributed by atoms with Gasteiger partial charge in [0.05, 0.1) is 0 Å². The van der Waals surface area contributed by atoms with Gasteiger partial charge in [0.2, 0.25) is 5.91 Å². The van der Waals surface area contributed by atoms with E-state index in [0.29, 0.717) is 6.42 Å². The highest BCUT2D eigenvalue weighted by Crippen LogP contribution is 2.07. The van der Waals surface area contributed by atoms with Crippen LogP contribution in [-0.2, 0) is 4.79 Å². The number of halogens is 1. The maximum absolute atomic E-state index is 11.5. The molecule has 0 aromatic heterocycles. The molecule has 0 spiro atoms. The Morgan fingerprint density at radius 2 is 1.81 bits per heavy atom. The fourth-order valence-electron chi connectivity index (χ4n) is 1.78. The van der Waals surface area contributed by atoms with Crippen molar-refractivity contribution in [1.29, 1.82) is 0 Å². The highest BCUT2D eigenvalue weighted by atomic mass is 35.5. The molecule has 0 aliphatic carbocycles. The molecule has 0 rings (SSSR count). The first-order valence-electron chi connectivity index (χ1n) is 6.49. The number of carbonyl (C=O) groups is 1. The van der Waals surface area contributed by atoms with Gasteiger partial charge in [0.1, 0.15) is 0 Å². The average molecular weight is 248 g/mol. The zero-order chi connectivity index (χ0) is 12.4. The van der Waals surface area contributed by atoms with Gasteiger partial charge in [-0.2, -0.15) is 0 Å². The van der Waals surface area contributed by atoms with Gasteiger partial charge in [-0.1, -0.05) is 32.6 Å². The Morgan fingerprint density at radius 1 is 1.19 bits per heavy atom. The summed E-state index contributed by atoms with van der Waals surface area (Å²) in [7, 11) is 0. The molecule has 0 aromatic carbocycles. The highest BCUT2D eigenvalue weighted by molar-refractivity contribution is 6.20. The number of unbranched alkanes of at least 4 members (excludes halogenated alkanes) is 4.